The van der Waals surface area contributed by atoms with Crippen LogP contribution in [-0.4, -0.2) is 39.8 Å². The van der Waals surface area contributed by atoms with Gasteiger partial charge in [-0.3, -0.25) is 0 Å². The Morgan fingerprint density at radius 3 is 2.31 bits per heavy atom. The lowest BCUT2D eigenvalue weighted by Crippen LogP contribution is -2.59. The van der Waals surface area contributed by atoms with Gasteiger partial charge in [-0.1, -0.05) is 48.5 Å². The maximum absolute atomic E-state index is 13.5. The van der Waals surface area contributed by atoms with Crippen molar-refractivity contribution < 1.29 is 14.6 Å². The molecule has 1 amide bonds. The average molecular weight is 480 g/mol. The lowest BCUT2D eigenvalue weighted by atomic mass is 9.73. The molecule has 6 rings (SSSR count). The normalized spacial score (nSPS) is 24.5. The molecule has 3 aromatic rings. The van der Waals surface area contributed by atoms with Gasteiger partial charge in [0.15, 0.2) is 0 Å². The monoisotopic (exact) mass is 479 g/mol. The quantitative estimate of drug-likeness (QED) is 0.542. The molecule has 2 fully saturated rings. The van der Waals surface area contributed by atoms with E-state index < -0.39 is 5.60 Å². The van der Waals surface area contributed by atoms with E-state index in [-0.39, 0.29) is 24.1 Å². The Labute approximate surface area is 211 Å². The molecule has 2 atom stereocenters. The Kier molecular flexibility index (Phi) is 5.54. The van der Waals surface area contributed by atoms with Crippen LogP contribution in [0.3, 0.4) is 0 Å². The van der Waals surface area contributed by atoms with Crippen molar-refractivity contribution in [3.8, 4) is 17.2 Å². The topological polar surface area (TPSA) is 86.4 Å². The molecule has 0 radical (unpaired) electrons. The molecule has 1 N–H and O–H groups in total. The first-order chi connectivity index (χ1) is 17.5. The van der Waals surface area contributed by atoms with Crippen LogP contribution in [0.25, 0.3) is 11.1 Å². The van der Waals surface area contributed by atoms with Gasteiger partial charge in [0, 0.05) is 42.6 Å². The van der Waals surface area contributed by atoms with Gasteiger partial charge < -0.3 is 14.7 Å². The number of fused-ring (bicyclic) bond motifs is 5. The Morgan fingerprint density at radius 2 is 1.72 bits per heavy atom. The summed E-state index contributed by atoms with van der Waals surface area (Å²) in [7, 11) is 0. The molecule has 2 aromatic carbocycles. The maximum atomic E-state index is 13.5. The third-order valence-electron chi connectivity index (χ3n) is 8.28. The van der Waals surface area contributed by atoms with Gasteiger partial charge >= 0.3 is 6.09 Å². The molecule has 2 saturated heterocycles. The van der Waals surface area contributed by atoms with Crippen molar-refractivity contribution in [2.75, 3.05) is 6.61 Å². The third-order valence-corrected chi connectivity index (χ3v) is 8.28. The van der Waals surface area contributed by atoms with Gasteiger partial charge in [0.1, 0.15) is 18.4 Å². The summed E-state index contributed by atoms with van der Waals surface area (Å²) < 4.78 is 6.00. The fraction of sp³-hybridized carbons (Fsp3) is 0.367. The molecule has 6 heteroatoms. The van der Waals surface area contributed by atoms with E-state index in [4.69, 9.17) is 4.74 Å². The third kappa shape index (κ3) is 3.66. The number of ether oxygens (including phenoxy) is 1. The van der Waals surface area contributed by atoms with Crippen molar-refractivity contribution in [3.63, 3.8) is 0 Å². The zero-order valence-electron chi connectivity index (χ0n) is 20.4. The van der Waals surface area contributed by atoms with Crippen molar-refractivity contribution in [2.45, 2.75) is 62.6 Å². The fourth-order valence-electron chi connectivity index (χ4n) is 6.58. The van der Waals surface area contributed by atoms with Crippen LogP contribution in [0, 0.1) is 18.3 Å². The molecule has 6 nitrogen and oxygen atoms in total. The van der Waals surface area contributed by atoms with Crippen molar-refractivity contribution in [3.05, 3.63) is 88.7 Å². The summed E-state index contributed by atoms with van der Waals surface area (Å²) in [5.74, 6) is 0.0237. The van der Waals surface area contributed by atoms with Gasteiger partial charge in [0.2, 0.25) is 0 Å². The number of carbonyl (C=O) groups is 1. The van der Waals surface area contributed by atoms with E-state index in [2.05, 4.69) is 35.3 Å². The number of aromatic nitrogens is 1. The molecule has 0 saturated carbocycles. The Morgan fingerprint density at radius 1 is 1.11 bits per heavy atom. The number of rotatable bonds is 3. The van der Waals surface area contributed by atoms with Gasteiger partial charge in [-0.05, 0) is 60.1 Å². The summed E-state index contributed by atoms with van der Waals surface area (Å²) in [6.45, 7) is 2.14. The van der Waals surface area contributed by atoms with Gasteiger partial charge in [0.05, 0.1) is 5.60 Å². The summed E-state index contributed by atoms with van der Waals surface area (Å²) in [5, 5.41) is 20.9. The summed E-state index contributed by atoms with van der Waals surface area (Å²) in [6, 6.07) is 20.4. The number of carbonyl (C=O) groups excluding carboxylic acids is 1. The second kappa shape index (κ2) is 8.76. The number of nitrogens with zero attached hydrogens (tertiary/aromatic N) is 3. The van der Waals surface area contributed by atoms with E-state index in [1.165, 1.54) is 22.3 Å². The predicted octanol–water partition coefficient (Wildman–Crippen LogP) is 5.42. The standard InChI is InChI=1S/C30H29N3O3/c1-19-13-20(17-32-28(19)16-31)30(35)14-21-7-6-8-22(15-30)33(21)29(34)36-18-27-25-11-4-2-9-23(25)24-10-3-5-12-26(24)27/h2-5,9-13,17,21-22,27,35H,6-8,14-15,18H2,1H3. The molecule has 2 aliphatic heterocycles. The zero-order valence-corrected chi connectivity index (χ0v) is 20.4. The molecule has 2 bridgehead atoms. The lowest BCUT2D eigenvalue weighted by Gasteiger charge is -2.51. The number of amides is 1. The summed E-state index contributed by atoms with van der Waals surface area (Å²) >= 11 is 0. The first-order valence-corrected chi connectivity index (χ1v) is 12.7. The minimum atomic E-state index is -1.07. The van der Waals surface area contributed by atoms with E-state index in [0.29, 0.717) is 25.1 Å². The predicted molar refractivity (Wildman–Crippen MR) is 135 cm³/mol. The largest absolute Gasteiger partial charge is 0.448 e. The summed E-state index contributed by atoms with van der Waals surface area (Å²) in [6.07, 6.45) is 4.93. The van der Waals surface area contributed by atoms with Crippen LogP contribution >= 0.6 is 0 Å². The summed E-state index contributed by atoms with van der Waals surface area (Å²) in [4.78, 5) is 19.6. The number of hydrogen-bond donors (Lipinski definition) is 1. The second-order valence-electron chi connectivity index (χ2n) is 10.4. The lowest BCUT2D eigenvalue weighted by molar-refractivity contribution is -0.0892. The molecular formula is C30H29N3O3. The number of piperidine rings is 2. The first kappa shape index (κ1) is 22.8. The molecule has 1 aliphatic carbocycles. The fourth-order valence-corrected chi connectivity index (χ4v) is 6.58. The maximum Gasteiger partial charge on any atom is 0.410 e. The van der Waals surface area contributed by atoms with E-state index in [0.717, 1.165) is 30.4 Å². The number of aryl methyl sites for hydroxylation is 1. The number of benzene rings is 2. The molecule has 0 spiro atoms. The van der Waals surface area contributed by atoms with E-state index in [1.807, 2.05) is 42.2 Å². The van der Waals surface area contributed by atoms with Crippen LogP contribution < -0.4 is 0 Å². The number of hydrogen-bond acceptors (Lipinski definition) is 5. The highest BCUT2D eigenvalue weighted by atomic mass is 16.6. The number of aliphatic hydroxyl groups is 1. The smallest absolute Gasteiger partial charge is 0.410 e. The second-order valence-corrected chi connectivity index (χ2v) is 10.4. The molecule has 3 heterocycles. The highest BCUT2D eigenvalue weighted by molar-refractivity contribution is 5.79. The first-order valence-electron chi connectivity index (χ1n) is 12.7. The molecular weight excluding hydrogens is 450 g/mol. The van der Waals surface area contributed by atoms with E-state index in [1.54, 1.807) is 6.20 Å². The molecule has 3 aliphatic rings. The zero-order chi connectivity index (χ0) is 24.9. The SMILES string of the molecule is Cc1cc(C2(O)CC3CCCC(C2)N3C(=O)OCC2c3ccccc3-c3ccccc32)cnc1C#N. The average Bonchev–Trinajstić information content (AvgIpc) is 3.20. The van der Waals surface area contributed by atoms with Gasteiger partial charge in [-0.2, -0.15) is 5.26 Å². The number of nitriles is 1. The Balaban J connectivity index is 1.20. The van der Waals surface area contributed by atoms with Crippen molar-refractivity contribution in [1.82, 2.24) is 9.88 Å². The van der Waals surface area contributed by atoms with Crippen molar-refractivity contribution >= 4 is 6.09 Å². The van der Waals surface area contributed by atoms with Crippen LogP contribution in [-0.2, 0) is 10.3 Å². The van der Waals surface area contributed by atoms with E-state index >= 15 is 0 Å². The van der Waals surface area contributed by atoms with Gasteiger partial charge in [-0.15, -0.1) is 0 Å². The minimum absolute atomic E-state index is 0.0237. The van der Waals surface area contributed by atoms with Crippen LogP contribution in [0.4, 0.5) is 4.79 Å². The molecule has 182 valence electrons. The highest BCUT2D eigenvalue weighted by Gasteiger charge is 2.49. The van der Waals surface area contributed by atoms with E-state index in [9.17, 15) is 15.2 Å². The minimum Gasteiger partial charge on any atom is -0.448 e. The molecule has 36 heavy (non-hydrogen) atoms. The van der Waals surface area contributed by atoms with Crippen LogP contribution in [0.5, 0.6) is 0 Å². The Bertz CT molecular complexity index is 1320. The molecule has 2 unspecified atom stereocenters. The van der Waals surface area contributed by atoms with Crippen molar-refractivity contribution in [2.24, 2.45) is 0 Å². The van der Waals surface area contributed by atoms with Gasteiger partial charge in [0.25, 0.3) is 0 Å². The highest BCUT2D eigenvalue weighted by Crippen LogP contribution is 2.46. The van der Waals surface area contributed by atoms with Gasteiger partial charge in [-0.25, -0.2) is 9.78 Å². The van der Waals surface area contributed by atoms with Crippen LogP contribution in [0.2, 0.25) is 0 Å². The van der Waals surface area contributed by atoms with Crippen molar-refractivity contribution in [1.29, 1.82) is 5.26 Å². The Hall–Kier alpha value is -3.69. The van der Waals surface area contributed by atoms with Crippen LogP contribution in [0.15, 0.2) is 60.8 Å². The summed E-state index contributed by atoms with van der Waals surface area (Å²) in [5.41, 5.74) is 5.60. The molecule has 1 aromatic heterocycles. The van der Waals surface area contributed by atoms with Crippen LogP contribution in [0.1, 0.15) is 66.0 Å². The number of pyridine rings is 1.